The Morgan fingerprint density at radius 2 is 1.41 bits per heavy atom. The standard InChI is InChI=1S/C38H40N2O4/c1-37(2,3)29-17-11-25(12-18-29)32(24-39-30-19-15-27(16-20-30)36(42)44-38(4,5)6)35(41)40-31-21-13-26(14-22-31)34-23-28-9-7-8-10-33(28)43-34/h7-23,32,39H,24H2,1-6H3,(H,40,41). The lowest BCUT2D eigenvalue weighted by Crippen LogP contribution is -2.27. The van der Waals surface area contributed by atoms with Gasteiger partial charge in [0, 0.05) is 28.9 Å². The van der Waals surface area contributed by atoms with Crippen molar-refractivity contribution in [1.82, 2.24) is 0 Å². The van der Waals surface area contributed by atoms with Gasteiger partial charge in [-0.2, -0.15) is 0 Å². The lowest BCUT2D eigenvalue weighted by atomic mass is 9.85. The molecule has 1 unspecified atom stereocenters. The van der Waals surface area contributed by atoms with Gasteiger partial charge < -0.3 is 19.8 Å². The van der Waals surface area contributed by atoms with Crippen LogP contribution in [0.25, 0.3) is 22.3 Å². The van der Waals surface area contributed by atoms with Gasteiger partial charge in [-0.15, -0.1) is 0 Å². The molecule has 0 aliphatic heterocycles. The maximum Gasteiger partial charge on any atom is 0.338 e. The van der Waals surface area contributed by atoms with Crippen molar-refractivity contribution < 1.29 is 18.7 Å². The van der Waals surface area contributed by atoms with Gasteiger partial charge in [0.1, 0.15) is 16.9 Å². The molecule has 1 heterocycles. The van der Waals surface area contributed by atoms with Gasteiger partial charge in [0.05, 0.1) is 11.5 Å². The summed E-state index contributed by atoms with van der Waals surface area (Å²) in [6.07, 6.45) is 0. The molecule has 2 N–H and O–H groups in total. The Hall–Kier alpha value is -4.84. The fraction of sp³-hybridized carbons (Fsp3) is 0.263. The topological polar surface area (TPSA) is 80.6 Å². The molecule has 0 spiro atoms. The summed E-state index contributed by atoms with van der Waals surface area (Å²) in [4.78, 5) is 26.2. The van der Waals surface area contributed by atoms with E-state index < -0.39 is 11.5 Å². The molecular weight excluding hydrogens is 548 g/mol. The molecule has 0 bridgehead atoms. The van der Waals surface area contributed by atoms with E-state index in [0.717, 1.165) is 33.5 Å². The smallest absolute Gasteiger partial charge is 0.338 e. The molecule has 5 aromatic rings. The lowest BCUT2D eigenvalue weighted by molar-refractivity contribution is -0.117. The molecule has 0 saturated carbocycles. The van der Waals surface area contributed by atoms with Gasteiger partial charge in [0.2, 0.25) is 5.91 Å². The fourth-order valence-electron chi connectivity index (χ4n) is 4.93. The molecule has 0 fully saturated rings. The van der Waals surface area contributed by atoms with Crippen molar-refractivity contribution >= 4 is 34.2 Å². The van der Waals surface area contributed by atoms with Gasteiger partial charge in [0.25, 0.3) is 0 Å². The Bertz CT molecular complexity index is 1700. The summed E-state index contributed by atoms with van der Waals surface area (Å²) >= 11 is 0. The summed E-state index contributed by atoms with van der Waals surface area (Å²) < 4.78 is 11.5. The fourth-order valence-corrected chi connectivity index (χ4v) is 4.93. The van der Waals surface area contributed by atoms with E-state index in [1.165, 1.54) is 5.56 Å². The van der Waals surface area contributed by atoms with Gasteiger partial charge >= 0.3 is 5.97 Å². The highest BCUT2D eigenvalue weighted by molar-refractivity contribution is 5.96. The molecule has 0 aliphatic rings. The Labute approximate surface area is 259 Å². The van der Waals surface area contributed by atoms with Crippen LogP contribution in [-0.2, 0) is 14.9 Å². The number of ether oxygens (including phenoxy) is 1. The maximum atomic E-state index is 13.7. The van der Waals surface area contributed by atoms with Crippen LogP contribution >= 0.6 is 0 Å². The largest absolute Gasteiger partial charge is 0.456 e. The zero-order chi connectivity index (χ0) is 31.5. The molecule has 44 heavy (non-hydrogen) atoms. The number of carbonyl (C=O) groups is 2. The zero-order valence-corrected chi connectivity index (χ0v) is 26.2. The van der Waals surface area contributed by atoms with Crippen molar-refractivity contribution in [2.24, 2.45) is 0 Å². The van der Waals surface area contributed by atoms with Gasteiger partial charge in [-0.25, -0.2) is 4.79 Å². The summed E-state index contributed by atoms with van der Waals surface area (Å²) in [5.74, 6) is -0.179. The highest BCUT2D eigenvalue weighted by Gasteiger charge is 2.23. The first kappa shape index (κ1) is 30.6. The molecule has 226 valence electrons. The maximum absolute atomic E-state index is 13.7. The van der Waals surface area contributed by atoms with Crippen LogP contribution in [0.4, 0.5) is 11.4 Å². The van der Waals surface area contributed by atoms with Gasteiger partial charge in [0.15, 0.2) is 0 Å². The molecule has 1 atom stereocenters. The van der Waals surface area contributed by atoms with Crippen LogP contribution in [0.5, 0.6) is 0 Å². The van der Waals surface area contributed by atoms with E-state index in [-0.39, 0.29) is 17.3 Å². The van der Waals surface area contributed by atoms with Crippen LogP contribution in [0, 0.1) is 0 Å². The Morgan fingerprint density at radius 1 is 0.773 bits per heavy atom. The molecule has 6 heteroatoms. The van der Waals surface area contributed by atoms with Crippen molar-refractivity contribution in [3.63, 3.8) is 0 Å². The highest BCUT2D eigenvalue weighted by atomic mass is 16.6. The Morgan fingerprint density at radius 3 is 2.02 bits per heavy atom. The number of furan rings is 1. The Balaban J connectivity index is 1.32. The SMILES string of the molecule is CC(C)(C)OC(=O)c1ccc(NCC(C(=O)Nc2ccc(-c3cc4ccccc4o3)cc2)c2ccc(C(C)(C)C)cc2)cc1. The highest BCUT2D eigenvalue weighted by Crippen LogP contribution is 2.30. The zero-order valence-electron chi connectivity index (χ0n) is 26.2. The molecule has 1 amide bonds. The number of hydrogen-bond donors (Lipinski definition) is 2. The second-order valence-electron chi connectivity index (χ2n) is 13.1. The minimum absolute atomic E-state index is 0.00596. The average molecular weight is 589 g/mol. The second-order valence-corrected chi connectivity index (χ2v) is 13.1. The predicted molar refractivity (Wildman–Crippen MR) is 178 cm³/mol. The third kappa shape index (κ3) is 7.56. The van der Waals surface area contributed by atoms with Crippen LogP contribution in [0.15, 0.2) is 108 Å². The first-order valence-corrected chi connectivity index (χ1v) is 14.9. The third-order valence-corrected chi connectivity index (χ3v) is 7.39. The normalized spacial score (nSPS) is 12.5. The summed E-state index contributed by atoms with van der Waals surface area (Å²) in [5, 5.41) is 7.54. The van der Waals surface area contributed by atoms with Gasteiger partial charge in [-0.05, 0) is 98.0 Å². The van der Waals surface area contributed by atoms with Crippen molar-refractivity contribution in [2.75, 3.05) is 17.2 Å². The van der Waals surface area contributed by atoms with Crippen LogP contribution in [0.3, 0.4) is 0 Å². The van der Waals surface area contributed by atoms with Gasteiger partial charge in [-0.1, -0.05) is 63.2 Å². The monoisotopic (exact) mass is 588 g/mol. The van der Waals surface area contributed by atoms with Crippen molar-refractivity contribution in [3.05, 3.63) is 120 Å². The van der Waals surface area contributed by atoms with Crippen molar-refractivity contribution in [2.45, 2.75) is 58.5 Å². The summed E-state index contributed by atoms with van der Waals surface area (Å²) in [6.45, 7) is 12.4. The predicted octanol–water partition coefficient (Wildman–Crippen LogP) is 9.19. The number of carbonyl (C=O) groups excluding carboxylic acids is 2. The number of para-hydroxylation sites is 1. The van der Waals surface area contributed by atoms with E-state index in [0.29, 0.717) is 17.8 Å². The Kier molecular flexibility index (Phi) is 8.63. The van der Waals surface area contributed by atoms with E-state index in [4.69, 9.17) is 9.15 Å². The number of hydrogen-bond acceptors (Lipinski definition) is 5. The van der Waals surface area contributed by atoms with E-state index in [9.17, 15) is 9.59 Å². The summed E-state index contributed by atoms with van der Waals surface area (Å²) in [5.41, 5.74) is 5.31. The first-order chi connectivity index (χ1) is 20.9. The average Bonchev–Trinajstić information content (AvgIpc) is 3.41. The van der Waals surface area contributed by atoms with E-state index in [1.54, 1.807) is 12.1 Å². The van der Waals surface area contributed by atoms with Gasteiger partial charge in [-0.3, -0.25) is 4.79 Å². The number of nitrogens with one attached hydrogen (secondary N) is 2. The summed E-state index contributed by atoms with van der Waals surface area (Å²) in [6, 6.07) is 33.0. The quantitative estimate of drug-likeness (QED) is 0.177. The van der Waals surface area contributed by atoms with E-state index in [2.05, 4.69) is 43.5 Å². The molecule has 5 rings (SSSR count). The molecule has 1 aromatic heterocycles. The molecule has 0 radical (unpaired) electrons. The van der Waals surface area contributed by atoms with E-state index in [1.807, 2.05) is 99.6 Å². The van der Waals surface area contributed by atoms with E-state index >= 15 is 0 Å². The second kappa shape index (κ2) is 12.4. The number of esters is 1. The van der Waals surface area contributed by atoms with Crippen molar-refractivity contribution in [1.29, 1.82) is 0 Å². The number of fused-ring (bicyclic) bond motifs is 1. The van der Waals surface area contributed by atoms with Crippen LogP contribution in [0.2, 0.25) is 0 Å². The minimum atomic E-state index is -0.565. The minimum Gasteiger partial charge on any atom is -0.456 e. The van der Waals surface area contributed by atoms with Crippen LogP contribution in [0.1, 0.15) is 68.9 Å². The number of benzene rings is 4. The first-order valence-electron chi connectivity index (χ1n) is 14.9. The number of anilines is 2. The van der Waals surface area contributed by atoms with Crippen LogP contribution < -0.4 is 10.6 Å². The van der Waals surface area contributed by atoms with Crippen molar-refractivity contribution in [3.8, 4) is 11.3 Å². The molecule has 0 saturated heterocycles. The molecule has 0 aliphatic carbocycles. The third-order valence-electron chi connectivity index (χ3n) is 7.39. The molecular formula is C38H40N2O4. The molecule has 4 aromatic carbocycles. The number of amides is 1. The number of rotatable bonds is 8. The lowest BCUT2D eigenvalue weighted by Gasteiger charge is -2.22. The van der Waals surface area contributed by atoms with Crippen LogP contribution in [-0.4, -0.2) is 24.0 Å². The molecule has 6 nitrogen and oxygen atoms in total. The summed E-state index contributed by atoms with van der Waals surface area (Å²) in [7, 11) is 0.